The quantitative estimate of drug-likeness (QED) is 0.0974. The molecular formula is C29H19BrClN3O3. The van der Waals surface area contributed by atoms with Crippen LogP contribution in [0.2, 0.25) is 5.02 Å². The first kappa shape index (κ1) is 24.5. The zero-order valence-electron chi connectivity index (χ0n) is 19.2. The number of amides is 1. The number of carbonyl (C=O) groups is 2. The molecule has 1 heterocycles. The van der Waals surface area contributed by atoms with E-state index < -0.39 is 11.9 Å². The topological polar surface area (TPSA) is 83.5 Å². The van der Waals surface area contributed by atoms with Gasteiger partial charge in [0, 0.05) is 31.5 Å². The highest BCUT2D eigenvalue weighted by molar-refractivity contribution is 9.10. The number of fused-ring (bicyclic) bond motifs is 1. The van der Waals surface area contributed by atoms with Gasteiger partial charge in [0.15, 0.2) is 0 Å². The van der Waals surface area contributed by atoms with E-state index in [2.05, 4.69) is 31.4 Å². The van der Waals surface area contributed by atoms with Crippen LogP contribution in [0.15, 0.2) is 107 Å². The molecule has 0 atom stereocenters. The van der Waals surface area contributed by atoms with Gasteiger partial charge in [-0.2, -0.15) is 5.10 Å². The summed E-state index contributed by atoms with van der Waals surface area (Å²) in [7, 11) is 0. The number of esters is 1. The van der Waals surface area contributed by atoms with Crippen LogP contribution in [-0.4, -0.2) is 23.1 Å². The number of hydrogen-bond donors (Lipinski definition) is 2. The molecule has 37 heavy (non-hydrogen) atoms. The maximum absolute atomic E-state index is 13.2. The Morgan fingerprint density at radius 1 is 0.919 bits per heavy atom. The second-order valence-electron chi connectivity index (χ2n) is 8.06. The summed E-state index contributed by atoms with van der Waals surface area (Å²) in [5, 5.41) is 5.57. The fourth-order valence-electron chi connectivity index (χ4n) is 3.88. The molecular weight excluding hydrogens is 554 g/mol. The van der Waals surface area contributed by atoms with E-state index in [0.29, 0.717) is 27.6 Å². The fraction of sp³-hybridized carbons (Fsp3) is 0. The van der Waals surface area contributed by atoms with Crippen LogP contribution in [0.5, 0.6) is 5.75 Å². The molecule has 0 aliphatic carbocycles. The summed E-state index contributed by atoms with van der Waals surface area (Å²) in [6.45, 7) is 0. The average molecular weight is 573 g/mol. The molecule has 4 aromatic carbocycles. The molecule has 0 spiro atoms. The molecule has 0 saturated heterocycles. The number of hydrogen-bond acceptors (Lipinski definition) is 4. The normalized spacial score (nSPS) is 11.1. The number of aromatic nitrogens is 1. The van der Waals surface area contributed by atoms with E-state index in [1.54, 1.807) is 48.5 Å². The molecule has 182 valence electrons. The Hall–Kier alpha value is -4.20. The van der Waals surface area contributed by atoms with Crippen molar-refractivity contribution in [1.82, 2.24) is 10.4 Å². The van der Waals surface area contributed by atoms with Crippen molar-refractivity contribution >= 4 is 56.5 Å². The molecule has 5 rings (SSSR count). The van der Waals surface area contributed by atoms with Gasteiger partial charge in [-0.25, -0.2) is 10.2 Å². The lowest BCUT2D eigenvalue weighted by Gasteiger charge is -2.07. The maximum Gasteiger partial charge on any atom is 0.343 e. The van der Waals surface area contributed by atoms with Crippen LogP contribution in [0, 0.1) is 0 Å². The molecule has 0 unspecified atom stereocenters. The van der Waals surface area contributed by atoms with Crippen LogP contribution in [-0.2, 0) is 0 Å². The zero-order chi connectivity index (χ0) is 25.8. The second kappa shape index (κ2) is 10.8. The summed E-state index contributed by atoms with van der Waals surface area (Å²) in [5.41, 5.74) is 6.37. The highest BCUT2D eigenvalue weighted by Gasteiger charge is 2.19. The minimum atomic E-state index is -0.529. The average Bonchev–Trinajstić information content (AvgIpc) is 3.29. The van der Waals surface area contributed by atoms with Crippen molar-refractivity contribution in [2.75, 3.05) is 0 Å². The lowest BCUT2D eigenvalue weighted by atomic mass is 10.0. The van der Waals surface area contributed by atoms with Gasteiger partial charge in [-0.05, 0) is 60.2 Å². The van der Waals surface area contributed by atoms with Gasteiger partial charge in [-0.1, -0.05) is 70.0 Å². The Bertz CT molecular complexity index is 1630. The van der Waals surface area contributed by atoms with Gasteiger partial charge in [0.25, 0.3) is 5.91 Å². The lowest BCUT2D eigenvalue weighted by Crippen LogP contribution is -2.19. The number of rotatable bonds is 6. The van der Waals surface area contributed by atoms with Crippen LogP contribution in [0.25, 0.3) is 22.0 Å². The van der Waals surface area contributed by atoms with Gasteiger partial charge in [0.1, 0.15) is 11.4 Å². The van der Waals surface area contributed by atoms with E-state index in [4.69, 9.17) is 16.3 Å². The lowest BCUT2D eigenvalue weighted by molar-refractivity contribution is 0.0734. The Balaban J connectivity index is 1.38. The first-order valence-corrected chi connectivity index (χ1v) is 12.4. The summed E-state index contributed by atoms with van der Waals surface area (Å²) in [5.74, 6) is -0.628. The molecule has 5 aromatic rings. The molecule has 2 N–H and O–H groups in total. The molecule has 0 saturated carbocycles. The largest absolute Gasteiger partial charge is 0.422 e. The standard InChI is InChI=1S/C29H19BrClN3O3/c30-21-12-15-24-23(16-21)26(18-6-2-1-3-7-18)27(33-24)28(35)34-32-17-20-8-4-5-9-25(20)37-29(36)19-10-13-22(31)14-11-19/h1-17,33H,(H,34,35). The predicted octanol–water partition coefficient (Wildman–Crippen LogP) is 7.23. The number of carbonyl (C=O) groups excluding carboxylic acids is 2. The highest BCUT2D eigenvalue weighted by Crippen LogP contribution is 2.34. The van der Waals surface area contributed by atoms with Crippen molar-refractivity contribution in [2.45, 2.75) is 0 Å². The van der Waals surface area contributed by atoms with Crippen molar-refractivity contribution in [2.24, 2.45) is 5.10 Å². The Labute approximate surface area is 226 Å². The maximum atomic E-state index is 13.2. The summed E-state index contributed by atoms with van der Waals surface area (Å²) in [6.07, 6.45) is 1.43. The highest BCUT2D eigenvalue weighted by atomic mass is 79.9. The second-order valence-corrected chi connectivity index (χ2v) is 9.42. The third-order valence-electron chi connectivity index (χ3n) is 5.62. The summed E-state index contributed by atoms with van der Waals surface area (Å²) >= 11 is 9.41. The van der Waals surface area contributed by atoms with Gasteiger partial charge in [0.05, 0.1) is 11.8 Å². The third-order valence-corrected chi connectivity index (χ3v) is 6.37. The van der Waals surface area contributed by atoms with Crippen LogP contribution in [0.1, 0.15) is 26.4 Å². The number of halogens is 2. The SMILES string of the molecule is O=C(Oc1ccccc1C=NNC(=O)c1[nH]c2ccc(Br)cc2c1-c1ccccc1)c1ccc(Cl)cc1. The van der Waals surface area contributed by atoms with E-state index in [1.165, 1.54) is 6.21 Å². The number of nitrogens with one attached hydrogen (secondary N) is 2. The number of hydrazone groups is 1. The Morgan fingerprint density at radius 3 is 2.43 bits per heavy atom. The van der Waals surface area contributed by atoms with E-state index in [9.17, 15) is 9.59 Å². The first-order chi connectivity index (χ1) is 18.0. The number of nitrogens with zero attached hydrogens (tertiary/aromatic N) is 1. The summed E-state index contributed by atoms with van der Waals surface area (Å²) < 4.78 is 6.45. The number of para-hydroxylation sites is 1. The molecule has 8 heteroatoms. The minimum absolute atomic E-state index is 0.306. The number of benzene rings is 4. The van der Waals surface area contributed by atoms with Crippen LogP contribution in [0.3, 0.4) is 0 Å². The van der Waals surface area contributed by atoms with E-state index in [-0.39, 0.29) is 0 Å². The Morgan fingerprint density at radius 2 is 1.65 bits per heavy atom. The molecule has 0 bridgehead atoms. The van der Waals surface area contributed by atoms with Gasteiger partial charge < -0.3 is 9.72 Å². The summed E-state index contributed by atoms with van der Waals surface area (Å²) in [6, 6.07) is 28.8. The molecule has 0 aliphatic heterocycles. The van der Waals surface area contributed by atoms with E-state index >= 15 is 0 Å². The summed E-state index contributed by atoms with van der Waals surface area (Å²) in [4.78, 5) is 28.9. The molecule has 1 aromatic heterocycles. The van der Waals surface area contributed by atoms with Crippen LogP contribution < -0.4 is 10.2 Å². The molecule has 1 amide bonds. The van der Waals surface area contributed by atoms with Crippen molar-refractivity contribution < 1.29 is 14.3 Å². The predicted molar refractivity (Wildman–Crippen MR) is 149 cm³/mol. The first-order valence-electron chi connectivity index (χ1n) is 11.3. The number of H-pyrrole nitrogens is 1. The van der Waals surface area contributed by atoms with E-state index in [1.807, 2.05) is 48.5 Å². The van der Waals surface area contributed by atoms with Gasteiger partial charge in [-0.15, -0.1) is 0 Å². The van der Waals surface area contributed by atoms with Crippen molar-refractivity contribution in [3.63, 3.8) is 0 Å². The molecule has 0 aliphatic rings. The monoisotopic (exact) mass is 571 g/mol. The minimum Gasteiger partial charge on any atom is -0.422 e. The van der Waals surface area contributed by atoms with Crippen LogP contribution >= 0.6 is 27.5 Å². The third kappa shape index (κ3) is 5.48. The van der Waals surface area contributed by atoms with Crippen LogP contribution in [0.4, 0.5) is 0 Å². The Kier molecular flexibility index (Phi) is 7.16. The van der Waals surface area contributed by atoms with Gasteiger partial charge in [-0.3, -0.25) is 4.79 Å². The van der Waals surface area contributed by atoms with Gasteiger partial charge >= 0.3 is 5.97 Å². The van der Waals surface area contributed by atoms with Crippen molar-refractivity contribution in [3.8, 4) is 16.9 Å². The molecule has 0 radical (unpaired) electrons. The smallest absolute Gasteiger partial charge is 0.343 e. The molecule has 6 nitrogen and oxygen atoms in total. The van der Waals surface area contributed by atoms with E-state index in [0.717, 1.165) is 26.5 Å². The van der Waals surface area contributed by atoms with Gasteiger partial charge in [0.2, 0.25) is 0 Å². The van der Waals surface area contributed by atoms with Crippen molar-refractivity contribution in [3.05, 3.63) is 123 Å². The molecule has 0 fully saturated rings. The van der Waals surface area contributed by atoms with Crippen molar-refractivity contribution in [1.29, 1.82) is 0 Å². The zero-order valence-corrected chi connectivity index (χ0v) is 21.6. The number of aromatic amines is 1. The fourth-order valence-corrected chi connectivity index (χ4v) is 4.37. The number of ether oxygens (including phenoxy) is 1.